The second kappa shape index (κ2) is 6.48. The Hall–Kier alpha value is -1.55. The number of ether oxygens (including phenoxy) is 1. The van der Waals surface area contributed by atoms with Crippen molar-refractivity contribution in [1.82, 2.24) is 10.2 Å². The van der Waals surface area contributed by atoms with E-state index < -0.39 is 0 Å². The molecule has 1 aromatic rings. The van der Waals surface area contributed by atoms with Crippen molar-refractivity contribution in [3.63, 3.8) is 0 Å². The molecule has 1 amide bonds. The maximum Gasteiger partial charge on any atom is 0.260 e. The summed E-state index contributed by atoms with van der Waals surface area (Å²) in [6.45, 7) is 11.2. The van der Waals surface area contributed by atoms with Crippen LogP contribution < -0.4 is 10.1 Å². The molecule has 21 heavy (non-hydrogen) atoms. The monoisotopic (exact) mass is 290 g/mol. The molecule has 1 aliphatic heterocycles. The first kappa shape index (κ1) is 15.8. The van der Waals surface area contributed by atoms with Crippen molar-refractivity contribution in [3.8, 4) is 5.75 Å². The zero-order valence-electron chi connectivity index (χ0n) is 13.5. The molecule has 0 spiro atoms. The van der Waals surface area contributed by atoms with E-state index in [0.717, 1.165) is 25.4 Å². The third-order valence-electron chi connectivity index (χ3n) is 3.90. The van der Waals surface area contributed by atoms with Crippen molar-refractivity contribution < 1.29 is 9.53 Å². The van der Waals surface area contributed by atoms with Gasteiger partial charge in [-0.3, -0.25) is 4.79 Å². The van der Waals surface area contributed by atoms with Crippen LogP contribution in [0.2, 0.25) is 0 Å². The fourth-order valence-corrected chi connectivity index (χ4v) is 2.49. The molecule has 0 unspecified atom stereocenters. The molecule has 1 heterocycles. The Balaban J connectivity index is 1.89. The summed E-state index contributed by atoms with van der Waals surface area (Å²) in [7, 11) is 0. The lowest BCUT2D eigenvalue weighted by Gasteiger charge is -2.33. The molecule has 0 saturated carbocycles. The van der Waals surface area contributed by atoms with Gasteiger partial charge in [-0.25, -0.2) is 0 Å². The van der Waals surface area contributed by atoms with Crippen molar-refractivity contribution in [3.05, 3.63) is 29.8 Å². The van der Waals surface area contributed by atoms with Gasteiger partial charge in [0.05, 0.1) is 0 Å². The molecule has 4 nitrogen and oxygen atoms in total. The molecule has 1 fully saturated rings. The highest BCUT2D eigenvalue weighted by atomic mass is 16.5. The lowest BCUT2D eigenvalue weighted by atomic mass is 9.87. The van der Waals surface area contributed by atoms with Gasteiger partial charge in [0.25, 0.3) is 5.91 Å². The first-order chi connectivity index (χ1) is 9.88. The van der Waals surface area contributed by atoms with E-state index in [2.05, 4.69) is 45.1 Å². The molecule has 1 N–H and O–H groups in total. The molecule has 0 bridgehead atoms. The van der Waals surface area contributed by atoms with E-state index >= 15 is 0 Å². The Morgan fingerprint density at radius 2 is 2.00 bits per heavy atom. The summed E-state index contributed by atoms with van der Waals surface area (Å²) in [6, 6.07) is 8.24. The van der Waals surface area contributed by atoms with Crippen LogP contribution in [-0.4, -0.2) is 43.1 Å². The van der Waals surface area contributed by atoms with E-state index in [1.54, 1.807) is 0 Å². The zero-order chi connectivity index (χ0) is 15.5. The van der Waals surface area contributed by atoms with Crippen LogP contribution in [0.5, 0.6) is 5.75 Å². The van der Waals surface area contributed by atoms with E-state index in [1.165, 1.54) is 5.56 Å². The summed E-state index contributed by atoms with van der Waals surface area (Å²) in [4.78, 5) is 14.1. The van der Waals surface area contributed by atoms with E-state index in [-0.39, 0.29) is 24.0 Å². The van der Waals surface area contributed by atoms with Crippen LogP contribution in [0.4, 0.5) is 0 Å². The van der Waals surface area contributed by atoms with E-state index in [1.807, 2.05) is 17.0 Å². The fraction of sp³-hybridized carbons (Fsp3) is 0.588. The summed E-state index contributed by atoms with van der Waals surface area (Å²) < 4.78 is 5.63. The summed E-state index contributed by atoms with van der Waals surface area (Å²) in [6.07, 6.45) is 0. The van der Waals surface area contributed by atoms with Crippen molar-refractivity contribution in [1.29, 1.82) is 0 Å². The molecule has 1 aliphatic rings. The van der Waals surface area contributed by atoms with Gasteiger partial charge in [-0.2, -0.15) is 0 Å². The fourth-order valence-electron chi connectivity index (χ4n) is 2.49. The molecule has 1 saturated heterocycles. The van der Waals surface area contributed by atoms with E-state index in [4.69, 9.17) is 4.74 Å². The van der Waals surface area contributed by atoms with Gasteiger partial charge < -0.3 is 15.0 Å². The highest BCUT2D eigenvalue weighted by Crippen LogP contribution is 2.24. The number of piperazine rings is 1. The molecule has 116 valence electrons. The van der Waals surface area contributed by atoms with Gasteiger partial charge in [0.2, 0.25) is 0 Å². The molecule has 0 radical (unpaired) electrons. The third kappa shape index (κ3) is 4.21. The van der Waals surface area contributed by atoms with Gasteiger partial charge in [0.1, 0.15) is 5.75 Å². The second-order valence-electron chi connectivity index (χ2n) is 6.70. The van der Waals surface area contributed by atoms with Crippen LogP contribution in [-0.2, 0) is 10.2 Å². The Kier molecular flexibility index (Phi) is 4.88. The first-order valence-electron chi connectivity index (χ1n) is 7.61. The SMILES string of the molecule is C[C@@H]1CNCCN1C(=O)COc1ccc(C(C)(C)C)cc1. The van der Waals surface area contributed by atoms with Gasteiger partial charge in [0, 0.05) is 25.7 Å². The molecule has 1 aromatic carbocycles. The van der Waals surface area contributed by atoms with Crippen LogP contribution in [0.3, 0.4) is 0 Å². The third-order valence-corrected chi connectivity index (χ3v) is 3.90. The molecule has 4 heteroatoms. The minimum atomic E-state index is 0.0592. The van der Waals surface area contributed by atoms with Gasteiger partial charge in [0.15, 0.2) is 6.61 Å². The minimum absolute atomic E-state index is 0.0592. The van der Waals surface area contributed by atoms with Crippen molar-refractivity contribution in [2.24, 2.45) is 0 Å². The number of nitrogens with one attached hydrogen (secondary N) is 1. The average molecular weight is 290 g/mol. The average Bonchev–Trinajstić information content (AvgIpc) is 2.45. The normalized spacial score (nSPS) is 19.4. The first-order valence-corrected chi connectivity index (χ1v) is 7.61. The largest absolute Gasteiger partial charge is 0.484 e. The number of carbonyl (C=O) groups is 1. The molecular formula is C17H26N2O2. The number of hydrogen-bond donors (Lipinski definition) is 1. The molecule has 2 rings (SSSR count). The zero-order valence-corrected chi connectivity index (χ0v) is 13.5. The van der Waals surface area contributed by atoms with E-state index in [0.29, 0.717) is 0 Å². The Bertz CT molecular complexity index is 477. The van der Waals surface area contributed by atoms with Gasteiger partial charge in [-0.15, -0.1) is 0 Å². The number of nitrogens with zero attached hydrogens (tertiary/aromatic N) is 1. The lowest BCUT2D eigenvalue weighted by Crippen LogP contribution is -2.53. The summed E-state index contributed by atoms with van der Waals surface area (Å²) in [5, 5.41) is 3.28. The van der Waals surface area contributed by atoms with Crippen molar-refractivity contribution in [2.75, 3.05) is 26.2 Å². The van der Waals surface area contributed by atoms with Gasteiger partial charge >= 0.3 is 0 Å². The number of carbonyl (C=O) groups excluding carboxylic acids is 1. The van der Waals surface area contributed by atoms with E-state index in [9.17, 15) is 4.79 Å². The van der Waals surface area contributed by atoms with Crippen LogP contribution in [0.1, 0.15) is 33.3 Å². The standard InChI is InChI=1S/C17H26N2O2/c1-13-11-18-9-10-19(13)16(20)12-21-15-7-5-14(6-8-15)17(2,3)4/h5-8,13,18H,9-12H2,1-4H3/t13-/m1/s1. The smallest absolute Gasteiger partial charge is 0.260 e. The molecule has 1 atom stereocenters. The lowest BCUT2D eigenvalue weighted by molar-refractivity contribution is -0.136. The summed E-state index contributed by atoms with van der Waals surface area (Å²) in [5.74, 6) is 0.808. The maximum absolute atomic E-state index is 12.2. The minimum Gasteiger partial charge on any atom is -0.484 e. The Morgan fingerprint density at radius 1 is 1.33 bits per heavy atom. The highest BCUT2D eigenvalue weighted by molar-refractivity contribution is 5.78. The molecular weight excluding hydrogens is 264 g/mol. The topological polar surface area (TPSA) is 41.6 Å². The van der Waals surface area contributed by atoms with Crippen LogP contribution >= 0.6 is 0 Å². The number of benzene rings is 1. The highest BCUT2D eigenvalue weighted by Gasteiger charge is 2.23. The predicted octanol–water partition coefficient (Wildman–Crippen LogP) is 2.18. The number of amides is 1. The van der Waals surface area contributed by atoms with Gasteiger partial charge in [-0.1, -0.05) is 32.9 Å². The summed E-state index contributed by atoms with van der Waals surface area (Å²) >= 11 is 0. The maximum atomic E-state index is 12.2. The van der Waals surface area contributed by atoms with Crippen LogP contribution in [0.15, 0.2) is 24.3 Å². The van der Waals surface area contributed by atoms with Gasteiger partial charge in [-0.05, 0) is 30.0 Å². The van der Waals surface area contributed by atoms with Crippen LogP contribution in [0, 0.1) is 0 Å². The van der Waals surface area contributed by atoms with Crippen LogP contribution in [0.25, 0.3) is 0 Å². The number of rotatable bonds is 3. The Labute approximate surface area is 127 Å². The van der Waals surface area contributed by atoms with Crippen molar-refractivity contribution >= 4 is 5.91 Å². The number of hydrogen-bond acceptors (Lipinski definition) is 3. The second-order valence-corrected chi connectivity index (χ2v) is 6.70. The summed E-state index contributed by atoms with van der Waals surface area (Å²) in [5.41, 5.74) is 1.39. The quantitative estimate of drug-likeness (QED) is 0.928. The molecule has 0 aromatic heterocycles. The van der Waals surface area contributed by atoms with Crippen molar-refractivity contribution in [2.45, 2.75) is 39.2 Å². The Morgan fingerprint density at radius 3 is 2.57 bits per heavy atom. The molecule has 0 aliphatic carbocycles. The predicted molar refractivity (Wildman–Crippen MR) is 84.7 cm³/mol.